The van der Waals surface area contributed by atoms with Gasteiger partial charge in [0, 0.05) is 0 Å². The summed E-state index contributed by atoms with van der Waals surface area (Å²) < 4.78 is 16.6. The third-order valence-electron chi connectivity index (χ3n) is 3.76. The van der Waals surface area contributed by atoms with Gasteiger partial charge < -0.3 is 13.9 Å². The number of halogens is 2. The van der Waals surface area contributed by atoms with Crippen molar-refractivity contribution in [3.63, 3.8) is 0 Å². The van der Waals surface area contributed by atoms with E-state index >= 15 is 0 Å². The lowest BCUT2D eigenvalue weighted by atomic mass is 10.2. The van der Waals surface area contributed by atoms with E-state index in [1.807, 2.05) is 0 Å². The minimum atomic E-state index is -0.629. The molecule has 2 amide bonds. The molecule has 1 aliphatic heterocycles. The molecular weight excluding hydrogens is 518 g/mol. The Labute approximate surface area is 181 Å². The normalized spacial score (nSPS) is 15.4. The number of ether oxygens (including phenoxy) is 2. The molecule has 10 heteroatoms. The zero-order valence-corrected chi connectivity index (χ0v) is 18.6. The first kappa shape index (κ1) is 20.7. The Morgan fingerprint density at radius 1 is 1.21 bits per heavy atom. The van der Waals surface area contributed by atoms with E-state index in [0.29, 0.717) is 20.5 Å². The number of hydrogen-bond donors (Lipinski definition) is 0. The van der Waals surface area contributed by atoms with Crippen molar-refractivity contribution in [2.75, 3.05) is 14.2 Å². The van der Waals surface area contributed by atoms with Crippen molar-refractivity contribution in [3.8, 4) is 5.75 Å². The molecule has 2 aromatic rings. The van der Waals surface area contributed by atoms with Crippen molar-refractivity contribution in [1.29, 1.82) is 0 Å². The first-order valence-corrected chi connectivity index (χ1v) is 10.2. The van der Waals surface area contributed by atoms with Gasteiger partial charge in [-0.25, -0.2) is 4.79 Å². The SMILES string of the molecule is COC(=O)c1ccc(CN2C(=O)S/C(=C/c3cc(Br)c(OC)c(Br)c3)C2=O)o1. The van der Waals surface area contributed by atoms with E-state index in [1.54, 1.807) is 25.3 Å². The highest BCUT2D eigenvalue weighted by Crippen LogP contribution is 2.37. The van der Waals surface area contributed by atoms with Crippen LogP contribution in [-0.4, -0.2) is 36.2 Å². The molecule has 1 aliphatic rings. The Kier molecular flexibility index (Phi) is 6.31. The smallest absolute Gasteiger partial charge is 0.373 e. The Morgan fingerprint density at radius 2 is 1.89 bits per heavy atom. The van der Waals surface area contributed by atoms with Crippen molar-refractivity contribution in [3.05, 3.63) is 55.2 Å². The van der Waals surface area contributed by atoms with Crippen LogP contribution in [0.3, 0.4) is 0 Å². The number of thioether (sulfide) groups is 1. The van der Waals surface area contributed by atoms with E-state index < -0.39 is 17.1 Å². The monoisotopic (exact) mass is 529 g/mol. The fraction of sp³-hybridized carbons (Fsp3) is 0.167. The van der Waals surface area contributed by atoms with E-state index in [0.717, 1.165) is 22.2 Å². The molecule has 0 radical (unpaired) electrons. The van der Waals surface area contributed by atoms with E-state index in [1.165, 1.54) is 19.2 Å². The van der Waals surface area contributed by atoms with E-state index in [2.05, 4.69) is 36.6 Å². The first-order chi connectivity index (χ1) is 13.3. The zero-order chi connectivity index (χ0) is 20.4. The highest BCUT2D eigenvalue weighted by atomic mass is 79.9. The highest BCUT2D eigenvalue weighted by molar-refractivity contribution is 9.11. The summed E-state index contributed by atoms with van der Waals surface area (Å²) in [6.45, 7) is -0.0744. The molecule has 2 heterocycles. The molecule has 7 nitrogen and oxygen atoms in total. The van der Waals surface area contributed by atoms with Gasteiger partial charge in [0.15, 0.2) is 0 Å². The summed E-state index contributed by atoms with van der Waals surface area (Å²) in [6.07, 6.45) is 1.63. The Morgan fingerprint density at radius 3 is 2.50 bits per heavy atom. The van der Waals surface area contributed by atoms with Crippen LogP contribution < -0.4 is 4.74 Å². The van der Waals surface area contributed by atoms with Crippen LogP contribution in [-0.2, 0) is 16.1 Å². The number of carbonyl (C=O) groups is 3. The second kappa shape index (κ2) is 8.54. The second-order valence-corrected chi connectivity index (χ2v) is 8.25. The third-order valence-corrected chi connectivity index (χ3v) is 5.84. The molecule has 0 unspecified atom stereocenters. The lowest BCUT2D eigenvalue weighted by molar-refractivity contribution is -0.123. The summed E-state index contributed by atoms with van der Waals surface area (Å²) in [5.41, 5.74) is 0.719. The number of benzene rings is 1. The minimum Gasteiger partial charge on any atom is -0.494 e. The summed E-state index contributed by atoms with van der Waals surface area (Å²) in [5.74, 6) is -0.124. The predicted octanol–water partition coefficient (Wildman–Crippen LogP) is 4.84. The molecule has 1 saturated heterocycles. The van der Waals surface area contributed by atoms with Gasteiger partial charge in [0.05, 0.1) is 34.6 Å². The van der Waals surface area contributed by atoms with E-state index in [4.69, 9.17) is 9.15 Å². The van der Waals surface area contributed by atoms with E-state index in [9.17, 15) is 14.4 Å². The number of furan rings is 1. The van der Waals surface area contributed by atoms with Gasteiger partial charge in [0.1, 0.15) is 11.5 Å². The molecular formula is C18H13Br2NO6S. The highest BCUT2D eigenvalue weighted by Gasteiger charge is 2.35. The largest absolute Gasteiger partial charge is 0.494 e. The number of amides is 2. The Balaban J connectivity index is 1.81. The maximum absolute atomic E-state index is 12.6. The lowest BCUT2D eigenvalue weighted by Gasteiger charge is -2.10. The molecule has 0 atom stereocenters. The topological polar surface area (TPSA) is 86.0 Å². The van der Waals surface area contributed by atoms with Gasteiger partial charge in [-0.3, -0.25) is 14.5 Å². The van der Waals surface area contributed by atoms with Crippen LogP contribution in [0.25, 0.3) is 6.08 Å². The number of esters is 1. The van der Waals surface area contributed by atoms with Crippen LogP contribution in [0.2, 0.25) is 0 Å². The second-order valence-electron chi connectivity index (χ2n) is 5.54. The predicted molar refractivity (Wildman–Crippen MR) is 110 cm³/mol. The van der Waals surface area contributed by atoms with Crippen LogP contribution in [0.4, 0.5) is 4.79 Å². The summed E-state index contributed by atoms with van der Waals surface area (Å²) in [4.78, 5) is 37.7. The number of imide groups is 1. The molecule has 1 fully saturated rings. The van der Waals surface area contributed by atoms with Crippen LogP contribution in [0.1, 0.15) is 21.9 Å². The number of rotatable bonds is 5. The number of hydrogen-bond acceptors (Lipinski definition) is 7. The third kappa shape index (κ3) is 4.18. The van der Waals surface area contributed by atoms with Crippen molar-refractivity contribution in [2.24, 2.45) is 0 Å². The van der Waals surface area contributed by atoms with Crippen molar-refractivity contribution >= 4 is 66.8 Å². The van der Waals surface area contributed by atoms with Gasteiger partial charge >= 0.3 is 5.97 Å². The number of carbonyl (C=O) groups excluding carboxylic acids is 3. The van der Waals surface area contributed by atoms with Crippen molar-refractivity contribution in [1.82, 2.24) is 4.90 Å². The first-order valence-electron chi connectivity index (χ1n) is 7.79. The van der Waals surface area contributed by atoms with E-state index in [-0.39, 0.29) is 17.2 Å². The lowest BCUT2D eigenvalue weighted by Crippen LogP contribution is -2.27. The Hall–Kier alpha value is -2.04. The average Bonchev–Trinajstić information content (AvgIpc) is 3.22. The standard InChI is InChI=1S/C18H13Br2NO6S/c1-25-15-11(19)5-9(6-12(15)20)7-14-16(22)21(18(24)28-14)8-10-3-4-13(27-10)17(23)26-2/h3-7H,8H2,1-2H3/b14-7+. The van der Waals surface area contributed by atoms with Gasteiger partial charge in [0.25, 0.3) is 11.1 Å². The van der Waals surface area contributed by atoms with Crippen molar-refractivity contribution in [2.45, 2.75) is 6.54 Å². The van der Waals surface area contributed by atoms with Crippen molar-refractivity contribution < 1.29 is 28.3 Å². The van der Waals surface area contributed by atoms with Gasteiger partial charge in [-0.15, -0.1) is 0 Å². The van der Waals surface area contributed by atoms with Crippen LogP contribution in [0.5, 0.6) is 5.75 Å². The van der Waals surface area contributed by atoms with Gasteiger partial charge in [-0.05, 0) is 79.5 Å². The molecule has 1 aromatic carbocycles. The molecule has 146 valence electrons. The minimum absolute atomic E-state index is 0.00736. The van der Waals surface area contributed by atoms with Crippen LogP contribution in [0, 0.1) is 0 Å². The molecule has 0 aliphatic carbocycles. The van der Waals surface area contributed by atoms with Gasteiger partial charge in [-0.2, -0.15) is 0 Å². The molecule has 3 rings (SSSR count). The summed E-state index contributed by atoms with van der Waals surface area (Å²) in [7, 11) is 2.79. The molecule has 1 aromatic heterocycles. The molecule has 28 heavy (non-hydrogen) atoms. The molecule has 0 saturated carbocycles. The maximum atomic E-state index is 12.6. The Bertz CT molecular complexity index is 977. The fourth-order valence-electron chi connectivity index (χ4n) is 2.47. The van der Waals surface area contributed by atoms with Crippen LogP contribution in [0.15, 0.2) is 42.5 Å². The zero-order valence-electron chi connectivity index (χ0n) is 14.7. The number of nitrogens with zero attached hydrogens (tertiary/aromatic N) is 1. The van der Waals surface area contributed by atoms with Crippen LogP contribution >= 0.6 is 43.6 Å². The summed E-state index contributed by atoms with van der Waals surface area (Å²) in [6, 6.07) is 6.53. The summed E-state index contributed by atoms with van der Waals surface area (Å²) in [5, 5.41) is -0.418. The maximum Gasteiger partial charge on any atom is 0.373 e. The number of methoxy groups -OCH3 is 2. The average molecular weight is 531 g/mol. The molecule has 0 N–H and O–H groups in total. The summed E-state index contributed by atoms with van der Waals surface area (Å²) >= 11 is 7.65. The molecule has 0 bridgehead atoms. The fourth-order valence-corrected chi connectivity index (χ4v) is 4.86. The van der Waals surface area contributed by atoms with Gasteiger partial charge in [-0.1, -0.05) is 0 Å². The van der Waals surface area contributed by atoms with Gasteiger partial charge in [0.2, 0.25) is 5.76 Å². The molecule has 0 spiro atoms. The quantitative estimate of drug-likeness (QED) is 0.404.